The number of nitrogens with zero attached hydrogens (tertiary/aromatic N) is 2. The first-order valence-electron chi connectivity index (χ1n) is 8.79. The third kappa shape index (κ3) is 5.54. The second kappa shape index (κ2) is 9.09. The van der Waals surface area contributed by atoms with Crippen LogP contribution in [-0.2, 0) is 17.5 Å². The monoisotopic (exact) mass is 453 g/mol. The number of hydrogen-bond donors (Lipinski definition) is 2. The van der Waals surface area contributed by atoms with Gasteiger partial charge in [0.2, 0.25) is 5.88 Å². The number of ether oxygens (including phenoxy) is 1. The molecule has 0 spiro atoms. The molecule has 0 fully saturated rings. The van der Waals surface area contributed by atoms with Gasteiger partial charge in [-0.3, -0.25) is 4.79 Å². The van der Waals surface area contributed by atoms with Crippen molar-refractivity contribution in [3.63, 3.8) is 0 Å². The van der Waals surface area contributed by atoms with Crippen LogP contribution in [0.25, 0.3) is 5.69 Å². The zero-order valence-corrected chi connectivity index (χ0v) is 16.4. The number of para-hydroxylation sites is 1. The molecule has 0 atom stereocenters. The maximum absolute atomic E-state index is 13.1. The van der Waals surface area contributed by atoms with Crippen LogP contribution in [0.3, 0.4) is 0 Å². The molecular weight excluding hydrogens is 439 g/mol. The van der Waals surface area contributed by atoms with Gasteiger partial charge in [-0.2, -0.15) is 23.0 Å². The fourth-order valence-corrected chi connectivity index (χ4v) is 2.77. The molecule has 11 heteroatoms. The molecular formula is C20H15ClF3N3O4. The fraction of sp³-hybridized carbons (Fsp3) is 0.150. The van der Waals surface area contributed by atoms with Crippen LogP contribution in [0.5, 0.6) is 5.88 Å². The van der Waals surface area contributed by atoms with Crippen molar-refractivity contribution in [2.75, 3.05) is 6.61 Å². The van der Waals surface area contributed by atoms with Crippen molar-refractivity contribution in [2.45, 2.75) is 12.7 Å². The Morgan fingerprint density at radius 1 is 1.13 bits per heavy atom. The average molecular weight is 454 g/mol. The first-order valence-corrected chi connectivity index (χ1v) is 9.17. The Kier molecular flexibility index (Phi) is 6.50. The number of carbonyl (C=O) groups excluding carboxylic acids is 1. The lowest BCUT2D eigenvalue weighted by molar-refractivity contribution is -0.141. The van der Waals surface area contributed by atoms with Crippen LogP contribution in [0, 0.1) is 0 Å². The number of amides is 1. The van der Waals surface area contributed by atoms with E-state index in [1.807, 2.05) is 0 Å². The van der Waals surface area contributed by atoms with Crippen molar-refractivity contribution in [1.82, 2.24) is 15.1 Å². The fourth-order valence-electron chi connectivity index (χ4n) is 2.56. The first kappa shape index (κ1) is 22.2. The Morgan fingerprint density at radius 2 is 1.81 bits per heavy atom. The third-order valence-corrected chi connectivity index (χ3v) is 4.41. The van der Waals surface area contributed by atoms with Gasteiger partial charge < -0.3 is 15.2 Å². The number of aromatic nitrogens is 2. The first-order chi connectivity index (χ1) is 14.6. The molecule has 3 aromatic rings. The van der Waals surface area contributed by atoms with Gasteiger partial charge in [-0.1, -0.05) is 35.9 Å². The lowest BCUT2D eigenvalue weighted by Gasteiger charge is -2.11. The molecule has 1 amide bonds. The van der Waals surface area contributed by atoms with E-state index in [-0.39, 0.29) is 28.7 Å². The number of hydrogen-bond acceptors (Lipinski definition) is 4. The topological polar surface area (TPSA) is 93.5 Å². The molecule has 7 nitrogen and oxygen atoms in total. The van der Waals surface area contributed by atoms with Crippen molar-refractivity contribution in [3.05, 3.63) is 76.4 Å². The van der Waals surface area contributed by atoms with Crippen LogP contribution in [0.15, 0.2) is 54.6 Å². The van der Waals surface area contributed by atoms with E-state index in [4.69, 9.17) is 21.4 Å². The second-order valence-corrected chi connectivity index (χ2v) is 6.70. The van der Waals surface area contributed by atoms with Gasteiger partial charge in [0, 0.05) is 12.6 Å². The predicted molar refractivity (Wildman–Crippen MR) is 104 cm³/mol. The Morgan fingerprint density at radius 3 is 2.42 bits per heavy atom. The van der Waals surface area contributed by atoms with Gasteiger partial charge >= 0.3 is 12.1 Å². The molecule has 31 heavy (non-hydrogen) atoms. The molecule has 1 heterocycles. The largest absolute Gasteiger partial charge is 0.478 e. The van der Waals surface area contributed by atoms with Crippen molar-refractivity contribution < 1.29 is 32.6 Å². The summed E-state index contributed by atoms with van der Waals surface area (Å²) in [5.41, 5.74) is -0.291. The number of halogens is 4. The van der Waals surface area contributed by atoms with Crippen LogP contribution < -0.4 is 10.1 Å². The van der Waals surface area contributed by atoms with Crippen LogP contribution in [0.4, 0.5) is 13.2 Å². The number of nitrogens with one attached hydrogen (secondary N) is 1. The van der Waals surface area contributed by atoms with E-state index in [0.29, 0.717) is 11.6 Å². The molecule has 0 aliphatic carbocycles. The molecule has 3 rings (SSSR count). The lowest BCUT2D eigenvalue weighted by atomic mass is 10.1. The van der Waals surface area contributed by atoms with Crippen molar-refractivity contribution >= 4 is 23.5 Å². The van der Waals surface area contributed by atoms with E-state index in [0.717, 1.165) is 4.68 Å². The SMILES string of the molecule is O=C(COc1cc(C(F)(F)F)nn1-c1ccccc1Cl)NCc1ccc(C(=O)O)cc1. The molecule has 0 aliphatic rings. The van der Waals surface area contributed by atoms with Gasteiger partial charge in [-0.25, -0.2) is 4.79 Å². The van der Waals surface area contributed by atoms with E-state index in [1.165, 1.54) is 36.4 Å². The van der Waals surface area contributed by atoms with Crippen molar-refractivity contribution in [3.8, 4) is 11.6 Å². The highest BCUT2D eigenvalue weighted by molar-refractivity contribution is 6.32. The quantitative estimate of drug-likeness (QED) is 0.565. The van der Waals surface area contributed by atoms with E-state index >= 15 is 0 Å². The van der Waals surface area contributed by atoms with Gasteiger partial charge in [-0.15, -0.1) is 0 Å². The van der Waals surface area contributed by atoms with Crippen LogP contribution in [0.2, 0.25) is 5.02 Å². The summed E-state index contributed by atoms with van der Waals surface area (Å²) in [7, 11) is 0. The normalized spacial score (nSPS) is 11.2. The summed E-state index contributed by atoms with van der Waals surface area (Å²) in [5.74, 6) is -1.97. The highest BCUT2D eigenvalue weighted by Crippen LogP contribution is 2.33. The number of aromatic carboxylic acids is 1. The zero-order chi connectivity index (χ0) is 22.6. The Bertz CT molecular complexity index is 1100. The average Bonchev–Trinajstić information content (AvgIpc) is 3.16. The number of carboxylic acid groups (broad SMARTS) is 1. The molecule has 162 valence electrons. The molecule has 0 saturated heterocycles. The van der Waals surface area contributed by atoms with Crippen LogP contribution in [0.1, 0.15) is 21.6 Å². The molecule has 2 aromatic carbocycles. The molecule has 2 N–H and O–H groups in total. The number of carbonyl (C=O) groups is 2. The molecule has 0 bridgehead atoms. The molecule has 0 radical (unpaired) electrons. The van der Waals surface area contributed by atoms with Crippen LogP contribution in [-0.4, -0.2) is 33.4 Å². The molecule has 0 unspecified atom stereocenters. The molecule has 0 aliphatic heterocycles. The standard InChI is InChI=1S/C20H15ClF3N3O4/c21-14-3-1-2-4-15(14)27-18(9-16(26-27)20(22,23)24)31-11-17(28)25-10-12-5-7-13(8-6-12)19(29)30/h1-9H,10-11H2,(H,25,28)(H,29,30). The maximum Gasteiger partial charge on any atom is 0.435 e. The number of alkyl halides is 3. The minimum atomic E-state index is -4.71. The molecule has 1 aromatic heterocycles. The second-order valence-electron chi connectivity index (χ2n) is 6.30. The Hall–Kier alpha value is -3.53. The number of rotatable bonds is 7. The number of carboxylic acids is 1. The lowest BCUT2D eigenvalue weighted by Crippen LogP contribution is -2.28. The van der Waals surface area contributed by atoms with E-state index in [1.54, 1.807) is 12.1 Å². The van der Waals surface area contributed by atoms with Crippen molar-refractivity contribution in [2.24, 2.45) is 0 Å². The van der Waals surface area contributed by atoms with Gasteiger partial charge in [0.25, 0.3) is 5.91 Å². The Balaban J connectivity index is 1.69. The summed E-state index contributed by atoms with van der Waals surface area (Å²) in [6, 6.07) is 12.7. The van der Waals surface area contributed by atoms with Gasteiger partial charge in [-0.05, 0) is 29.8 Å². The van der Waals surface area contributed by atoms with Gasteiger partial charge in [0.05, 0.1) is 16.3 Å². The van der Waals surface area contributed by atoms with Gasteiger partial charge in [0.15, 0.2) is 12.3 Å². The highest BCUT2D eigenvalue weighted by atomic mass is 35.5. The summed E-state index contributed by atoms with van der Waals surface area (Å²) in [5, 5.41) is 15.1. The van der Waals surface area contributed by atoms with E-state index in [2.05, 4.69) is 10.4 Å². The molecule has 0 saturated carbocycles. The zero-order valence-electron chi connectivity index (χ0n) is 15.7. The van der Waals surface area contributed by atoms with E-state index in [9.17, 15) is 22.8 Å². The smallest absolute Gasteiger partial charge is 0.435 e. The minimum absolute atomic E-state index is 0.0830. The predicted octanol–water partition coefficient (Wildman–Crippen LogP) is 3.94. The number of benzene rings is 2. The summed E-state index contributed by atoms with van der Waals surface area (Å²) < 4.78 is 45.5. The summed E-state index contributed by atoms with van der Waals surface area (Å²) in [4.78, 5) is 22.9. The van der Waals surface area contributed by atoms with Crippen LogP contribution >= 0.6 is 11.6 Å². The van der Waals surface area contributed by atoms with Crippen molar-refractivity contribution in [1.29, 1.82) is 0 Å². The highest BCUT2D eigenvalue weighted by Gasteiger charge is 2.36. The third-order valence-electron chi connectivity index (χ3n) is 4.09. The summed E-state index contributed by atoms with van der Waals surface area (Å²) >= 11 is 6.05. The maximum atomic E-state index is 13.1. The summed E-state index contributed by atoms with van der Waals surface area (Å²) in [6.45, 7) is -0.486. The summed E-state index contributed by atoms with van der Waals surface area (Å²) in [6.07, 6.45) is -4.71. The Labute approximate surface area is 179 Å². The van der Waals surface area contributed by atoms with E-state index < -0.39 is 30.4 Å². The minimum Gasteiger partial charge on any atom is -0.478 e. The van der Waals surface area contributed by atoms with Gasteiger partial charge in [0.1, 0.15) is 0 Å².